The number of ether oxygens (including phenoxy) is 1. The van der Waals surface area contributed by atoms with Crippen molar-refractivity contribution in [3.8, 4) is 11.5 Å². The molecule has 3 aromatic rings. The van der Waals surface area contributed by atoms with Crippen LogP contribution in [0.2, 0.25) is 0 Å². The molecule has 0 aliphatic rings. The van der Waals surface area contributed by atoms with E-state index in [2.05, 4.69) is 0 Å². The topological polar surface area (TPSA) is 52.9 Å². The molecule has 0 saturated carbocycles. The van der Waals surface area contributed by atoms with Gasteiger partial charge in [0, 0.05) is 18.3 Å². The number of nitrogens with zero attached hydrogens (tertiary/aromatic N) is 1. The predicted molar refractivity (Wildman–Crippen MR) is 108 cm³/mol. The number of hydrogen-bond donors (Lipinski definition) is 2. The van der Waals surface area contributed by atoms with E-state index >= 15 is 0 Å². The lowest BCUT2D eigenvalue weighted by Crippen LogP contribution is -2.40. The first-order chi connectivity index (χ1) is 14.3. The molecular formula is C23H22F3NO3. The van der Waals surface area contributed by atoms with Gasteiger partial charge in [-0.3, -0.25) is 0 Å². The monoisotopic (exact) mass is 417 g/mol. The zero-order valence-corrected chi connectivity index (χ0v) is 16.1. The molecule has 4 nitrogen and oxygen atoms in total. The van der Waals surface area contributed by atoms with Crippen LogP contribution in [0.3, 0.4) is 0 Å². The molecule has 0 heterocycles. The third-order valence-electron chi connectivity index (χ3n) is 4.48. The number of halogens is 3. The molecule has 0 aliphatic heterocycles. The third-order valence-corrected chi connectivity index (χ3v) is 4.48. The average molecular weight is 417 g/mol. The Labute approximate surface area is 172 Å². The van der Waals surface area contributed by atoms with Crippen LogP contribution in [0.1, 0.15) is 11.1 Å². The summed E-state index contributed by atoms with van der Waals surface area (Å²) in [6.07, 6.45) is -7.24. The number of aliphatic hydroxyl groups excluding tert-OH is 2. The molecule has 1 unspecified atom stereocenters. The zero-order valence-electron chi connectivity index (χ0n) is 16.1. The molecule has 0 aromatic heterocycles. The van der Waals surface area contributed by atoms with Crippen LogP contribution in [0.5, 0.6) is 11.5 Å². The van der Waals surface area contributed by atoms with Crippen molar-refractivity contribution in [2.45, 2.75) is 25.4 Å². The van der Waals surface area contributed by atoms with E-state index in [0.29, 0.717) is 28.3 Å². The number of hydrogen-bond acceptors (Lipinski definition) is 4. The van der Waals surface area contributed by atoms with Gasteiger partial charge in [0.05, 0.1) is 13.2 Å². The van der Waals surface area contributed by atoms with Gasteiger partial charge in [0.25, 0.3) is 0 Å². The Morgan fingerprint density at radius 2 is 1.50 bits per heavy atom. The Bertz CT molecular complexity index is 948. The van der Waals surface area contributed by atoms with Crippen LogP contribution in [0, 0.1) is 0 Å². The van der Waals surface area contributed by atoms with Crippen LogP contribution in [0.15, 0.2) is 78.9 Å². The van der Waals surface area contributed by atoms with Gasteiger partial charge in [0.15, 0.2) is 6.10 Å². The van der Waals surface area contributed by atoms with Crippen LogP contribution in [-0.4, -0.2) is 29.0 Å². The van der Waals surface area contributed by atoms with E-state index in [1.165, 1.54) is 4.90 Å². The third kappa shape index (κ3) is 5.98. The molecule has 2 N–H and O–H groups in total. The molecule has 0 spiro atoms. The quantitative estimate of drug-likeness (QED) is 0.547. The maximum absolute atomic E-state index is 13.0. The predicted octanol–water partition coefficient (Wildman–Crippen LogP) is 4.90. The van der Waals surface area contributed by atoms with Crippen LogP contribution in [0.25, 0.3) is 0 Å². The van der Waals surface area contributed by atoms with Crippen molar-refractivity contribution in [2.24, 2.45) is 0 Å². The molecule has 30 heavy (non-hydrogen) atoms. The van der Waals surface area contributed by atoms with Crippen molar-refractivity contribution in [3.63, 3.8) is 0 Å². The summed E-state index contributed by atoms with van der Waals surface area (Å²) < 4.78 is 44.8. The number of benzene rings is 3. The molecule has 158 valence electrons. The smallest absolute Gasteiger partial charge is 0.416 e. The summed E-state index contributed by atoms with van der Waals surface area (Å²) in [7, 11) is 0. The lowest BCUT2D eigenvalue weighted by atomic mass is 10.1. The van der Waals surface area contributed by atoms with E-state index in [4.69, 9.17) is 4.74 Å². The highest BCUT2D eigenvalue weighted by atomic mass is 19.4. The average Bonchev–Trinajstić information content (AvgIpc) is 2.73. The Morgan fingerprint density at radius 3 is 2.20 bits per heavy atom. The summed E-state index contributed by atoms with van der Waals surface area (Å²) >= 11 is 0. The molecular weight excluding hydrogens is 395 g/mol. The van der Waals surface area contributed by atoms with E-state index in [1.807, 2.05) is 18.2 Å². The molecule has 0 radical (unpaired) electrons. The van der Waals surface area contributed by atoms with Crippen molar-refractivity contribution in [2.75, 3.05) is 11.4 Å². The minimum Gasteiger partial charge on any atom is -0.457 e. The first kappa shape index (κ1) is 21.7. The Kier molecular flexibility index (Phi) is 6.97. The molecule has 0 saturated heterocycles. The molecule has 0 bridgehead atoms. The summed E-state index contributed by atoms with van der Waals surface area (Å²) in [5.41, 5.74) is 1.84. The van der Waals surface area contributed by atoms with Gasteiger partial charge >= 0.3 is 6.18 Å². The molecule has 0 amide bonds. The highest BCUT2D eigenvalue weighted by molar-refractivity contribution is 5.52. The molecule has 1 atom stereocenters. The normalized spacial score (nSPS) is 12.4. The zero-order chi connectivity index (χ0) is 21.6. The Balaban J connectivity index is 1.87. The fourth-order valence-corrected chi connectivity index (χ4v) is 2.99. The van der Waals surface area contributed by atoms with Gasteiger partial charge < -0.3 is 19.8 Å². The Hall–Kier alpha value is -3.03. The first-order valence-corrected chi connectivity index (χ1v) is 9.36. The van der Waals surface area contributed by atoms with E-state index < -0.39 is 18.8 Å². The lowest BCUT2D eigenvalue weighted by molar-refractivity contribution is -0.200. The van der Waals surface area contributed by atoms with Crippen molar-refractivity contribution in [1.29, 1.82) is 0 Å². The Morgan fingerprint density at radius 1 is 0.833 bits per heavy atom. The summed E-state index contributed by atoms with van der Waals surface area (Å²) in [4.78, 5) is 1.44. The maximum atomic E-state index is 13.0. The maximum Gasteiger partial charge on any atom is 0.416 e. The molecule has 0 fully saturated rings. The van der Waals surface area contributed by atoms with Crippen molar-refractivity contribution in [3.05, 3.63) is 90.0 Å². The van der Waals surface area contributed by atoms with Gasteiger partial charge in [-0.1, -0.05) is 48.5 Å². The summed E-state index contributed by atoms with van der Waals surface area (Å²) in [5.74, 6) is 1.07. The van der Waals surface area contributed by atoms with Crippen molar-refractivity contribution >= 4 is 5.69 Å². The van der Waals surface area contributed by atoms with Crippen LogP contribution in [0.4, 0.5) is 18.9 Å². The number of alkyl halides is 3. The van der Waals surface area contributed by atoms with Gasteiger partial charge in [-0.2, -0.15) is 13.2 Å². The second kappa shape index (κ2) is 9.65. The number of aliphatic hydroxyl groups is 2. The van der Waals surface area contributed by atoms with Gasteiger partial charge in [-0.25, -0.2) is 0 Å². The van der Waals surface area contributed by atoms with Crippen LogP contribution >= 0.6 is 0 Å². The minimum absolute atomic E-state index is 0.121. The fourth-order valence-electron chi connectivity index (χ4n) is 2.99. The molecule has 3 rings (SSSR count). The standard InChI is InChI=1S/C23H22F3NO3/c24-23(25,26)22(29)15-27(14-17-6-4-7-18(12-17)16-28)19-8-5-11-21(13-19)30-20-9-2-1-3-10-20/h1-13,22,28-29H,14-16H2. The lowest BCUT2D eigenvalue weighted by Gasteiger charge is -2.29. The number of para-hydroxylation sites is 1. The van der Waals surface area contributed by atoms with Gasteiger partial charge in [-0.05, 0) is 35.4 Å². The van der Waals surface area contributed by atoms with Crippen molar-refractivity contribution < 1.29 is 28.1 Å². The molecule has 3 aromatic carbocycles. The second-order valence-electron chi connectivity index (χ2n) is 6.83. The second-order valence-corrected chi connectivity index (χ2v) is 6.83. The molecule has 0 aliphatic carbocycles. The minimum atomic E-state index is -4.73. The van der Waals surface area contributed by atoms with E-state index in [9.17, 15) is 23.4 Å². The highest BCUT2D eigenvalue weighted by Gasteiger charge is 2.39. The van der Waals surface area contributed by atoms with Gasteiger partial charge in [-0.15, -0.1) is 0 Å². The summed E-state index contributed by atoms with van der Waals surface area (Å²) in [6.45, 7) is -0.684. The number of rotatable bonds is 8. The highest BCUT2D eigenvalue weighted by Crippen LogP contribution is 2.29. The van der Waals surface area contributed by atoms with Crippen molar-refractivity contribution in [1.82, 2.24) is 0 Å². The van der Waals surface area contributed by atoms with Gasteiger partial charge in [0.1, 0.15) is 11.5 Å². The van der Waals surface area contributed by atoms with Crippen LogP contribution < -0.4 is 9.64 Å². The van der Waals surface area contributed by atoms with Gasteiger partial charge in [0.2, 0.25) is 0 Å². The number of anilines is 1. The SMILES string of the molecule is OCc1cccc(CN(CC(O)C(F)(F)F)c2cccc(Oc3ccccc3)c2)c1. The molecule has 7 heteroatoms. The summed E-state index contributed by atoms with van der Waals surface area (Å²) in [6, 6.07) is 22.7. The largest absolute Gasteiger partial charge is 0.457 e. The fraction of sp³-hybridized carbons (Fsp3) is 0.217. The first-order valence-electron chi connectivity index (χ1n) is 9.36. The van der Waals surface area contributed by atoms with E-state index in [-0.39, 0.29) is 13.2 Å². The van der Waals surface area contributed by atoms with E-state index in [1.54, 1.807) is 60.7 Å². The van der Waals surface area contributed by atoms with E-state index in [0.717, 1.165) is 0 Å². The summed E-state index contributed by atoms with van der Waals surface area (Å²) in [5, 5.41) is 19.0. The van der Waals surface area contributed by atoms with Crippen LogP contribution in [-0.2, 0) is 13.2 Å².